The van der Waals surface area contributed by atoms with E-state index in [0.717, 1.165) is 37.1 Å². The van der Waals surface area contributed by atoms with Crippen molar-refractivity contribution in [2.45, 2.75) is 32.1 Å². The summed E-state index contributed by atoms with van der Waals surface area (Å²) < 4.78 is 11.1. The molecule has 0 radical (unpaired) electrons. The van der Waals surface area contributed by atoms with Crippen molar-refractivity contribution in [2.24, 2.45) is 17.3 Å². The molecule has 0 aliphatic carbocycles. The van der Waals surface area contributed by atoms with Crippen molar-refractivity contribution < 1.29 is 9.47 Å². The predicted octanol–water partition coefficient (Wildman–Crippen LogP) is 1.17. The highest BCUT2D eigenvalue weighted by atomic mass is 16.7. The topological polar surface area (TPSA) is 99.8 Å². The van der Waals surface area contributed by atoms with Crippen LogP contribution in [0.5, 0.6) is 0 Å². The van der Waals surface area contributed by atoms with Gasteiger partial charge >= 0.3 is 0 Å². The minimum atomic E-state index is -0.152. The van der Waals surface area contributed by atoms with E-state index in [0.29, 0.717) is 18.8 Å². The van der Waals surface area contributed by atoms with Crippen LogP contribution in [0.3, 0.4) is 0 Å². The Morgan fingerprint density at radius 2 is 2.10 bits per heavy atom. The van der Waals surface area contributed by atoms with Crippen molar-refractivity contribution in [3.05, 3.63) is 41.7 Å². The number of hydrogen-bond donors (Lipinski definition) is 3. The first kappa shape index (κ1) is 15.8. The summed E-state index contributed by atoms with van der Waals surface area (Å²) in [6, 6.07) is 7.67. The third-order valence-corrected chi connectivity index (χ3v) is 3.35. The largest absolute Gasteiger partial charge is 0.399 e. The Kier molecular flexibility index (Phi) is 6.01. The minimum absolute atomic E-state index is 0.152. The van der Waals surface area contributed by atoms with Gasteiger partial charge in [0.1, 0.15) is 0 Å². The van der Waals surface area contributed by atoms with Gasteiger partial charge in [0.25, 0.3) is 0 Å². The minimum Gasteiger partial charge on any atom is -0.399 e. The Bertz CT molecular complexity index is 455. The molecule has 1 aromatic carbocycles. The van der Waals surface area contributed by atoms with Crippen LogP contribution in [0.2, 0.25) is 0 Å². The highest BCUT2D eigenvalue weighted by molar-refractivity contribution is 5.48. The average Bonchev–Trinajstić information content (AvgIpc) is 2.54. The molecule has 1 saturated heterocycles. The fourth-order valence-electron chi connectivity index (χ4n) is 2.13. The number of nitrogens with two attached hydrogens (primary N) is 3. The molecule has 1 fully saturated rings. The highest BCUT2D eigenvalue weighted by Crippen LogP contribution is 2.15. The van der Waals surface area contributed by atoms with E-state index in [9.17, 15) is 0 Å². The van der Waals surface area contributed by atoms with Crippen molar-refractivity contribution in [1.82, 2.24) is 0 Å². The summed E-state index contributed by atoms with van der Waals surface area (Å²) in [6.45, 7) is 1.57. The van der Waals surface area contributed by atoms with E-state index >= 15 is 0 Å². The van der Waals surface area contributed by atoms with Crippen molar-refractivity contribution in [1.29, 1.82) is 0 Å². The summed E-state index contributed by atoms with van der Waals surface area (Å²) >= 11 is 0. The second-order valence-electron chi connectivity index (χ2n) is 5.09. The molecule has 1 aliphatic rings. The first-order chi connectivity index (χ1) is 10.2. The quantitative estimate of drug-likeness (QED) is 0.537. The summed E-state index contributed by atoms with van der Waals surface area (Å²) in [5.74, 6) is 5.96. The number of rotatable bonds is 6. The van der Waals surface area contributed by atoms with Gasteiger partial charge in [-0.05, 0) is 37.0 Å². The predicted molar refractivity (Wildman–Crippen MR) is 82.8 cm³/mol. The third-order valence-electron chi connectivity index (χ3n) is 3.35. The van der Waals surface area contributed by atoms with Gasteiger partial charge in [-0.1, -0.05) is 12.1 Å². The van der Waals surface area contributed by atoms with E-state index in [4.69, 9.17) is 26.8 Å². The van der Waals surface area contributed by atoms with Gasteiger partial charge in [-0.25, -0.2) is 5.84 Å². The molecule has 6 nitrogen and oxygen atoms in total. The van der Waals surface area contributed by atoms with E-state index in [1.54, 1.807) is 6.20 Å². The van der Waals surface area contributed by atoms with Gasteiger partial charge in [-0.15, -0.1) is 0 Å². The first-order valence-electron chi connectivity index (χ1n) is 7.21. The van der Waals surface area contributed by atoms with Crippen LogP contribution in [0, 0.1) is 0 Å². The van der Waals surface area contributed by atoms with Crippen LogP contribution in [0.1, 0.15) is 24.8 Å². The number of ether oxygens (including phenoxy) is 2. The lowest BCUT2D eigenvalue weighted by atomic mass is 10.2. The Hall–Kier alpha value is -1.60. The van der Waals surface area contributed by atoms with Gasteiger partial charge in [0, 0.05) is 19.4 Å². The van der Waals surface area contributed by atoms with Crippen LogP contribution in [-0.2, 0) is 16.0 Å². The summed E-state index contributed by atoms with van der Waals surface area (Å²) in [6.07, 6.45) is 4.65. The van der Waals surface area contributed by atoms with Crippen LogP contribution in [0.4, 0.5) is 5.69 Å². The number of anilines is 1. The van der Waals surface area contributed by atoms with Crippen LogP contribution in [0.25, 0.3) is 0 Å². The molecule has 1 heterocycles. The fourth-order valence-corrected chi connectivity index (χ4v) is 2.13. The molecule has 0 amide bonds. The smallest absolute Gasteiger partial charge is 0.158 e. The SMILES string of the molecule is NCc1ccc(N(N)/C=C(\N)COC2CCCCO2)cc1. The molecule has 116 valence electrons. The summed E-state index contributed by atoms with van der Waals surface area (Å²) in [4.78, 5) is 0. The van der Waals surface area contributed by atoms with Gasteiger partial charge in [0.05, 0.1) is 18.0 Å². The van der Waals surface area contributed by atoms with E-state index in [1.807, 2.05) is 24.3 Å². The monoisotopic (exact) mass is 292 g/mol. The van der Waals surface area contributed by atoms with Gasteiger partial charge < -0.3 is 20.9 Å². The lowest BCUT2D eigenvalue weighted by Gasteiger charge is -2.23. The zero-order chi connectivity index (χ0) is 15.1. The zero-order valence-electron chi connectivity index (χ0n) is 12.2. The maximum Gasteiger partial charge on any atom is 0.158 e. The van der Waals surface area contributed by atoms with E-state index < -0.39 is 0 Å². The Morgan fingerprint density at radius 1 is 1.33 bits per heavy atom. The Morgan fingerprint density at radius 3 is 2.71 bits per heavy atom. The normalized spacial score (nSPS) is 19.5. The van der Waals surface area contributed by atoms with E-state index in [-0.39, 0.29) is 6.29 Å². The lowest BCUT2D eigenvalue weighted by molar-refractivity contribution is -0.157. The highest BCUT2D eigenvalue weighted by Gasteiger charge is 2.14. The molecule has 6 heteroatoms. The number of hydrazine groups is 1. The molecule has 0 bridgehead atoms. The fraction of sp³-hybridized carbons (Fsp3) is 0.467. The second-order valence-corrected chi connectivity index (χ2v) is 5.09. The number of benzene rings is 1. The average molecular weight is 292 g/mol. The van der Waals surface area contributed by atoms with E-state index in [2.05, 4.69) is 0 Å². The molecule has 6 N–H and O–H groups in total. The molecule has 0 saturated carbocycles. The molecule has 1 aliphatic heterocycles. The van der Waals surface area contributed by atoms with Crippen LogP contribution in [-0.4, -0.2) is 19.5 Å². The summed E-state index contributed by atoms with van der Waals surface area (Å²) in [7, 11) is 0. The molecule has 1 aromatic rings. The van der Waals surface area contributed by atoms with Crippen molar-refractivity contribution >= 4 is 5.69 Å². The molecule has 1 unspecified atom stereocenters. The third kappa shape index (κ3) is 5.02. The summed E-state index contributed by atoms with van der Waals surface area (Å²) in [5.41, 5.74) is 13.9. The molecule has 0 spiro atoms. The Labute approximate surface area is 125 Å². The van der Waals surface area contributed by atoms with Gasteiger partial charge in [-0.3, -0.25) is 5.01 Å². The molecule has 2 rings (SSSR count). The molecule has 0 aromatic heterocycles. The second kappa shape index (κ2) is 7.99. The van der Waals surface area contributed by atoms with Gasteiger partial charge in [0.15, 0.2) is 6.29 Å². The standard InChI is InChI=1S/C15H24N4O2/c16-9-12-4-6-14(7-5-12)19(18)10-13(17)11-21-15-3-1-2-8-20-15/h4-7,10,15H,1-3,8-9,11,16-18H2/b13-10-. The number of nitrogens with zero attached hydrogens (tertiary/aromatic N) is 1. The first-order valence-corrected chi connectivity index (χ1v) is 7.21. The molecular formula is C15H24N4O2. The van der Waals surface area contributed by atoms with E-state index in [1.165, 1.54) is 5.01 Å². The van der Waals surface area contributed by atoms with Crippen molar-refractivity contribution in [2.75, 3.05) is 18.2 Å². The molecular weight excluding hydrogens is 268 g/mol. The van der Waals surface area contributed by atoms with Gasteiger partial charge in [-0.2, -0.15) is 0 Å². The van der Waals surface area contributed by atoms with Gasteiger partial charge in [0.2, 0.25) is 0 Å². The summed E-state index contributed by atoms with van der Waals surface area (Å²) in [5, 5.41) is 1.47. The lowest BCUT2D eigenvalue weighted by Crippen LogP contribution is -2.28. The van der Waals surface area contributed by atoms with Crippen molar-refractivity contribution in [3.63, 3.8) is 0 Å². The maximum atomic E-state index is 5.96. The van der Waals surface area contributed by atoms with Crippen LogP contribution >= 0.6 is 0 Å². The number of hydrogen-bond acceptors (Lipinski definition) is 6. The molecule has 1 atom stereocenters. The van der Waals surface area contributed by atoms with Crippen molar-refractivity contribution in [3.8, 4) is 0 Å². The Balaban J connectivity index is 1.84. The molecule has 21 heavy (non-hydrogen) atoms. The zero-order valence-corrected chi connectivity index (χ0v) is 12.2. The van der Waals surface area contributed by atoms with Crippen LogP contribution < -0.4 is 22.3 Å². The maximum absolute atomic E-state index is 5.96. The van der Waals surface area contributed by atoms with Crippen LogP contribution in [0.15, 0.2) is 36.2 Å².